The Morgan fingerprint density at radius 3 is 1.29 bits per heavy atom. The molecule has 2 fully saturated rings. The number of ether oxygens (including phenoxy) is 4. The van der Waals surface area contributed by atoms with Crippen LogP contribution in [0, 0.1) is 0 Å². The lowest BCUT2D eigenvalue weighted by Gasteiger charge is -2.39. The summed E-state index contributed by atoms with van der Waals surface area (Å²) in [6.07, 6.45) is -13.0. The lowest BCUT2D eigenvalue weighted by molar-refractivity contribution is -0.277. The van der Waals surface area contributed by atoms with Gasteiger partial charge in [0.15, 0.2) is 0 Å². The van der Waals surface area contributed by atoms with Crippen LogP contribution in [0.15, 0.2) is 36.4 Å². The van der Waals surface area contributed by atoms with Crippen molar-refractivity contribution in [3.63, 3.8) is 0 Å². The zero-order valence-corrected chi connectivity index (χ0v) is 21.9. The molecular formula is C27H36O14. The SMILES string of the molecule is OC[C@H]1OC(Oc2ccc(CCCc3ccc(OC4O[C@H](CO)[C@H](O)[C@H](O)[C@H]4O)cc3O)c(O)c2)[C@H](O)[C@@H](O)[C@H]1O. The van der Waals surface area contributed by atoms with E-state index in [9.17, 15) is 51.1 Å². The molecule has 0 aromatic heterocycles. The van der Waals surface area contributed by atoms with Crippen molar-refractivity contribution in [3.05, 3.63) is 47.5 Å². The van der Waals surface area contributed by atoms with Crippen molar-refractivity contribution < 1.29 is 70.0 Å². The van der Waals surface area contributed by atoms with Gasteiger partial charge in [0, 0.05) is 12.1 Å². The molecule has 2 heterocycles. The van der Waals surface area contributed by atoms with Crippen molar-refractivity contribution in [3.8, 4) is 23.0 Å². The second-order valence-electron chi connectivity index (χ2n) is 10.1. The number of aryl methyl sites for hydroxylation is 2. The topological polar surface area (TPSA) is 239 Å². The Bertz CT molecular complexity index is 1060. The fourth-order valence-corrected chi connectivity index (χ4v) is 4.72. The van der Waals surface area contributed by atoms with Crippen molar-refractivity contribution in [1.29, 1.82) is 0 Å². The summed E-state index contributed by atoms with van der Waals surface area (Å²) in [5, 5.41) is 99.3. The van der Waals surface area contributed by atoms with Crippen molar-refractivity contribution in [2.45, 2.75) is 80.7 Å². The van der Waals surface area contributed by atoms with E-state index < -0.39 is 74.6 Å². The summed E-state index contributed by atoms with van der Waals surface area (Å²) in [6, 6.07) is 8.87. The molecule has 2 saturated heterocycles. The van der Waals surface area contributed by atoms with Crippen LogP contribution < -0.4 is 9.47 Å². The highest BCUT2D eigenvalue weighted by molar-refractivity contribution is 5.41. The van der Waals surface area contributed by atoms with E-state index in [1.165, 1.54) is 24.3 Å². The number of aliphatic hydroxyl groups excluding tert-OH is 8. The van der Waals surface area contributed by atoms with Crippen LogP contribution in [-0.4, -0.2) is 126 Å². The Hall–Kier alpha value is -2.76. The van der Waals surface area contributed by atoms with Gasteiger partial charge in [-0.15, -0.1) is 0 Å². The molecule has 14 nitrogen and oxygen atoms in total. The van der Waals surface area contributed by atoms with E-state index in [1.807, 2.05) is 0 Å². The number of aliphatic hydroxyl groups is 8. The number of aromatic hydroxyl groups is 2. The standard InChI is InChI=1S/C27H36O14/c28-10-18-20(32)22(34)24(36)26(40-18)38-14-6-4-12(16(30)8-14)2-1-3-13-5-7-15(9-17(13)31)39-27-25(37)23(35)21(33)19(11-29)41-27/h4-9,18-37H,1-3,10-11H2/t18-,19-,20+,21+,22+,23+,24-,25-,26?,27?/m1/s1. The molecule has 14 heteroatoms. The van der Waals surface area contributed by atoms with E-state index in [0.717, 1.165) is 0 Å². The third-order valence-corrected chi connectivity index (χ3v) is 7.21. The van der Waals surface area contributed by atoms with Gasteiger partial charge in [-0.2, -0.15) is 0 Å². The van der Waals surface area contributed by atoms with Crippen molar-refractivity contribution in [2.75, 3.05) is 13.2 Å². The quantitative estimate of drug-likeness (QED) is 0.140. The molecule has 0 aliphatic carbocycles. The number of phenolic OH excluding ortho intramolecular Hbond substituents is 2. The van der Waals surface area contributed by atoms with Crippen molar-refractivity contribution in [2.24, 2.45) is 0 Å². The summed E-state index contributed by atoms with van der Waals surface area (Å²) in [4.78, 5) is 0. The van der Waals surface area contributed by atoms with Crippen LogP contribution in [0.25, 0.3) is 0 Å². The number of hydrogen-bond acceptors (Lipinski definition) is 14. The maximum Gasteiger partial charge on any atom is 0.229 e. The van der Waals surface area contributed by atoms with Crippen LogP contribution in [0.5, 0.6) is 23.0 Å². The molecular weight excluding hydrogens is 548 g/mol. The summed E-state index contributed by atoms with van der Waals surface area (Å²) in [5.41, 5.74) is 1.15. The Balaban J connectivity index is 1.30. The van der Waals surface area contributed by atoms with E-state index in [4.69, 9.17) is 18.9 Å². The predicted molar refractivity (Wildman–Crippen MR) is 137 cm³/mol. The molecule has 228 valence electrons. The van der Waals surface area contributed by atoms with Crippen LogP contribution in [0.2, 0.25) is 0 Å². The molecule has 41 heavy (non-hydrogen) atoms. The van der Waals surface area contributed by atoms with Crippen molar-refractivity contribution in [1.82, 2.24) is 0 Å². The van der Waals surface area contributed by atoms with E-state index in [1.54, 1.807) is 12.1 Å². The van der Waals surface area contributed by atoms with E-state index in [2.05, 4.69) is 0 Å². The number of hydrogen-bond donors (Lipinski definition) is 10. The average molecular weight is 585 g/mol. The first-order valence-electron chi connectivity index (χ1n) is 13.1. The van der Waals surface area contributed by atoms with Crippen molar-refractivity contribution >= 4 is 0 Å². The van der Waals surface area contributed by atoms with E-state index in [0.29, 0.717) is 30.4 Å². The third-order valence-electron chi connectivity index (χ3n) is 7.21. The van der Waals surface area contributed by atoms with Gasteiger partial charge in [-0.05, 0) is 42.5 Å². The lowest BCUT2D eigenvalue weighted by atomic mass is 9.99. The first kappa shape index (κ1) is 31.2. The van der Waals surface area contributed by atoms with Gasteiger partial charge in [-0.25, -0.2) is 0 Å². The predicted octanol–water partition coefficient (Wildman–Crippen LogP) is -2.37. The molecule has 10 atom stereocenters. The van der Waals surface area contributed by atoms with Gasteiger partial charge in [-0.3, -0.25) is 0 Å². The van der Waals surface area contributed by atoms with Crippen LogP contribution >= 0.6 is 0 Å². The molecule has 2 aromatic rings. The maximum absolute atomic E-state index is 10.5. The van der Waals surface area contributed by atoms with Gasteiger partial charge in [-0.1, -0.05) is 12.1 Å². The molecule has 0 bridgehead atoms. The van der Waals surface area contributed by atoms with E-state index >= 15 is 0 Å². The van der Waals surface area contributed by atoms with Gasteiger partial charge in [0.25, 0.3) is 0 Å². The zero-order valence-electron chi connectivity index (χ0n) is 21.9. The van der Waals surface area contributed by atoms with Gasteiger partial charge in [0.2, 0.25) is 12.6 Å². The highest BCUT2D eigenvalue weighted by Crippen LogP contribution is 2.31. The molecule has 4 rings (SSSR count). The number of benzene rings is 2. The number of phenols is 2. The Kier molecular flexibility index (Phi) is 10.3. The molecule has 2 aliphatic rings. The molecule has 0 amide bonds. The molecule has 2 aromatic carbocycles. The first-order chi connectivity index (χ1) is 19.5. The highest BCUT2D eigenvalue weighted by Gasteiger charge is 2.45. The van der Waals surface area contributed by atoms with Gasteiger partial charge in [0.05, 0.1) is 13.2 Å². The minimum Gasteiger partial charge on any atom is -0.508 e. The van der Waals surface area contributed by atoms with E-state index in [-0.39, 0.29) is 23.0 Å². The van der Waals surface area contributed by atoms with Crippen LogP contribution in [0.4, 0.5) is 0 Å². The smallest absolute Gasteiger partial charge is 0.229 e. The third kappa shape index (κ3) is 7.01. The fraction of sp³-hybridized carbons (Fsp3) is 0.556. The number of rotatable bonds is 10. The largest absolute Gasteiger partial charge is 0.508 e. The Morgan fingerprint density at radius 1 is 0.561 bits per heavy atom. The maximum atomic E-state index is 10.5. The monoisotopic (exact) mass is 584 g/mol. The second kappa shape index (κ2) is 13.5. The van der Waals surface area contributed by atoms with Gasteiger partial charge in [0.1, 0.15) is 71.8 Å². The fourth-order valence-electron chi connectivity index (χ4n) is 4.72. The summed E-state index contributed by atoms with van der Waals surface area (Å²) in [7, 11) is 0. The molecule has 10 N–H and O–H groups in total. The van der Waals surface area contributed by atoms with Crippen LogP contribution in [-0.2, 0) is 22.3 Å². The highest BCUT2D eigenvalue weighted by atomic mass is 16.7. The molecule has 2 unspecified atom stereocenters. The zero-order chi connectivity index (χ0) is 29.8. The molecule has 0 radical (unpaired) electrons. The minimum absolute atomic E-state index is 0.0976. The minimum atomic E-state index is -1.59. The average Bonchev–Trinajstić information content (AvgIpc) is 2.95. The van der Waals surface area contributed by atoms with Crippen LogP contribution in [0.3, 0.4) is 0 Å². The lowest BCUT2D eigenvalue weighted by Crippen LogP contribution is -2.60. The second-order valence-corrected chi connectivity index (χ2v) is 10.1. The molecule has 2 aliphatic heterocycles. The summed E-state index contributed by atoms with van der Waals surface area (Å²) < 4.78 is 21.6. The summed E-state index contributed by atoms with van der Waals surface area (Å²) >= 11 is 0. The Morgan fingerprint density at radius 2 is 0.951 bits per heavy atom. The Labute approximate surface area is 234 Å². The van der Waals surface area contributed by atoms with Gasteiger partial charge < -0.3 is 70.0 Å². The van der Waals surface area contributed by atoms with Gasteiger partial charge >= 0.3 is 0 Å². The molecule has 0 saturated carbocycles. The first-order valence-corrected chi connectivity index (χ1v) is 13.1. The van der Waals surface area contributed by atoms with Crippen LogP contribution in [0.1, 0.15) is 17.5 Å². The molecule has 0 spiro atoms. The normalized spacial score (nSPS) is 33.9. The summed E-state index contributed by atoms with van der Waals surface area (Å²) in [5.74, 6) is 0.0607. The summed E-state index contributed by atoms with van der Waals surface area (Å²) in [6.45, 7) is -1.20.